The van der Waals surface area contributed by atoms with Gasteiger partial charge in [0, 0.05) is 19.1 Å². The molecule has 1 aromatic carbocycles. The fourth-order valence-electron chi connectivity index (χ4n) is 2.95. The molecule has 20 heavy (non-hydrogen) atoms. The lowest BCUT2D eigenvalue weighted by molar-refractivity contribution is 0.145. The number of nitrogens with zero attached hydrogens (tertiary/aromatic N) is 1. The van der Waals surface area contributed by atoms with Gasteiger partial charge in [0.05, 0.1) is 6.10 Å². The third kappa shape index (κ3) is 4.22. The van der Waals surface area contributed by atoms with Crippen LogP contribution in [0.25, 0.3) is 0 Å². The summed E-state index contributed by atoms with van der Waals surface area (Å²) >= 11 is 0. The molecule has 1 fully saturated rings. The maximum atomic E-state index is 6.18. The van der Waals surface area contributed by atoms with E-state index in [4.69, 9.17) is 10.5 Å². The highest BCUT2D eigenvalue weighted by atomic mass is 16.5. The van der Waals surface area contributed by atoms with Gasteiger partial charge in [0.1, 0.15) is 5.75 Å². The van der Waals surface area contributed by atoms with Crippen LogP contribution in [0.3, 0.4) is 0 Å². The lowest BCUT2D eigenvalue weighted by atomic mass is 9.90. The molecule has 0 aliphatic carbocycles. The van der Waals surface area contributed by atoms with Gasteiger partial charge in [0.2, 0.25) is 0 Å². The number of hydrogen-bond acceptors (Lipinski definition) is 3. The highest BCUT2D eigenvalue weighted by Gasteiger charge is 2.25. The Morgan fingerprint density at radius 1 is 1.40 bits per heavy atom. The molecule has 1 heterocycles. The minimum absolute atomic E-state index is 0.225. The average Bonchev–Trinajstić information content (AvgIpc) is 2.40. The predicted molar refractivity (Wildman–Crippen MR) is 83.9 cm³/mol. The van der Waals surface area contributed by atoms with Crippen molar-refractivity contribution in [2.24, 2.45) is 11.7 Å². The largest absolute Gasteiger partial charge is 0.491 e. The molecule has 0 radical (unpaired) electrons. The van der Waals surface area contributed by atoms with E-state index in [1.165, 1.54) is 12.0 Å². The lowest BCUT2D eigenvalue weighted by Crippen LogP contribution is -2.46. The summed E-state index contributed by atoms with van der Waals surface area (Å²) in [5, 5.41) is 0. The Kier molecular flexibility index (Phi) is 5.44. The molecular weight excluding hydrogens is 248 g/mol. The predicted octanol–water partition coefficient (Wildman–Crippen LogP) is 3.03. The number of ether oxygens (including phenoxy) is 1. The van der Waals surface area contributed by atoms with Gasteiger partial charge in [-0.25, -0.2) is 0 Å². The van der Waals surface area contributed by atoms with Gasteiger partial charge < -0.3 is 10.5 Å². The van der Waals surface area contributed by atoms with Crippen LogP contribution in [0, 0.1) is 5.92 Å². The van der Waals surface area contributed by atoms with E-state index in [1.807, 2.05) is 6.07 Å². The van der Waals surface area contributed by atoms with E-state index in [1.54, 1.807) is 0 Å². The van der Waals surface area contributed by atoms with Crippen LogP contribution >= 0.6 is 0 Å². The number of piperidine rings is 1. The van der Waals surface area contributed by atoms with Crippen LogP contribution in [0.5, 0.6) is 5.75 Å². The van der Waals surface area contributed by atoms with Crippen molar-refractivity contribution in [2.45, 2.75) is 52.3 Å². The van der Waals surface area contributed by atoms with Gasteiger partial charge >= 0.3 is 0 Å². The van der Waals surface area contributed by atoms with Gasteiger partial charge in [-0.05, 0) is 50.4 Å². The zero-order valence-corrected chi connectivity index (χ0v) is 13.0. The number of nitrogens with two attached hydrogens (primary N) is 1. The Morgan fingerprint density at radius 2 is 2.20 bits per heavy atom. The van der Waals surface area contributed by atoms with Crippen LogP contribution < -0.4 is 10.5 Å². The van der Waals surface area contributed by atoms with E-state index in [0.29, 0.717) is 12.0 Å². The molecule has 0 spiro atoms. The van der Waals surface area contributed by atoms with Crippen molar-refractivity contribution in [3.63, 3.8) is 0 Å². The molecule has 0 bridgehead atoms. The molecule has 112 valence electrons. The smallest absolute Gasteiger partial charge is 0.120 e. The van der Waals surface area contributed by atoms with E-state index >= 15 is 0 Å². The van der Waals surface area contributed by atoms with Crippen LogP contribution in [-0.4, -0.2) is 30.1 Å². The molecule has 1 saturated heterocycles. The van der Waals surface area contributed by atoms with Gasteiger partial charge in [-0.3, -0.25) is 4.90 Å². The molecule has 2 atom stereocenters. The highest BCUT2D eigenvalue weighted by Crippen LogP contribution is 2.22. The quantitative estimate of drug-likeness (QED) is 0.898. The fourth-order valence-corrected chi connectivity index (χ4v) is 2.95. The summed E-state index contributed by atoms with van der Waals surface area (Å²) < 4.78 is 5.76. The molecule has 0 aromatic heterocycles. The van der Waals surface area contributed by atoms with Crippen LogP contribution in [0.4, 0.5) is 0 Å². The first-order valence-electron chi connectivity index (χ1n) is 7.82. The van der Waals surface area contributed by atoms with Gasteiger partial charge in [0.25, 0.3) is 0 Å². The van der Waals surface area contributed by atoms with Crippen LogP contribution in [-0.2, 0) is 6.54 Å². The molecule has 2 rings (SSSR count). The van der Waals surface area contributed by atoms with Crippen molar-refractivity contribution in [1.82, 2.24) is 4.90 Å². The Labute approximate surface area is 123 Å². The molecule has 2 unspecified atom stereocenters. The second kappa shape index (κ2) is 7.09. The fraction of sp³-hybridized carbons (Fsp3) is 0.647. The van der Waals surface area contributed by atoms with E-state index in [0.717, 1.165) is 31.8 Å². The van der Waals surface area contributed by atoms with Crippen LogP contribution in [0.1, 0.15) is 39.2 Å². The number of benzene rings is 1. The molecule has 3 heteroatoms. The second-order valence-electron chi connectivity index (χ2n) is 6.17. The third-order valence-corrected chi connectivity index (χ3v) is 4.08. The zero-order valence-electron chi connectivity index (χ0n) is 13.0. The molecular formula is C17H28N2O. The summed E-state index contributed by atoms with van der Waals surface area (Å²) in [5.41, 5.74) is 7.50. The van der Waals surface area contributed by atoms with Crippen molar-refractivity contribution in [2.75, 3.05) is 13.1 Å². The first-order chi connectivity index (χ1) is 9.58. The van der Waals surface area contributed by atoms with E-state index in [2.05, 4.69) is 43.9 Å². The summed E-state index contributed by atoms with van der Waals surface area (Å²) in [5.74, 6) is 1.61. The maximum absolute atomic E-state index is 6.18. The summed E-state index contributed by atoms with van der Waals surface area (Å²) in [6, 6.07) is 8.84. The monoisotopic (exact) mass is 276 g/mol. The first kappa shape index (κ1) is 15.3. The second-order valence-corrected chi connectivity index (χ2v) is 6.17. The number of rotatable bonds is 5. The van der Waals surface area contributed by atoms with Crippen molar-refractivity contribution in [3.8, 4) is 5.75 Å². The standard InChI is InChI=1S/C17H28N2O/c1-4-15-12-19(9-8-17(15)18)11-14-6-5-7-16(10-14)20-13(2)3/h5-7,10,13,15,17H,4,8-9,11-12,18H2,1-3H3. The van der Waals surface area contributed by atoms with Crippen molar-refractivity contribution >= 4 is 0 Å². The zero-order chi connectivity index (χ0) is 14.5. The molecule has 0 saturated carbocycles. The van der Waals surface area contributed by atoms with Gasteiger partial charge in [-0.15, -0.1) is 0 Å². The van der Waals surface area contributed by atoms with E-state index in [9.17, 15) is 0 Å². The summed E-state index contributed by atoms with van der Waals surface area (Å²) in [4.78, 5) is 2.52. The highest BCUT2D eigenvalue weighted by molar-refractivity contribution is 5.28. The topological polar surface area (TPSA) is 38.5 Å². The Hall–Kier alpha value is -1.06. The van der Waals surface area contributed by atoms with E-state index in [-0.39, 0.29) is 6.10 Å². The normalized spacial score (nSPS) is 24.1. The molecule has 3 nitrogen and oxygen atoms in total. The minimum Gasteiger partial charge on any atom is -0.491 e. The Bertz CT molecular complexity index is 419. The van der Waals surface area contributed by atoms with Gasteiger partial charge in [0.15, 0.2) is 0 Å². The van der Waals surface area contributed by atoms with Gasteiger partial charge in [-0.2, -0.15) is 0 Å². The molecule has 1 aromatic rings. The molecule has 2 N–H and O–H groups in total. The molecule has 1 aliphatic rings. The van der Waals surface area contributed by atoms with Crippen molar-refractivity contribution in [1.29, 1.82) is 0 Å². The SMILES string of the molecule is CCC1CN(Cc2cccc(OC(C)C)c2)CCC1N. The lowest BCUT2D eigenvalue weighted by Gasteiger charge is -2.36. The summed E-state index contributed by atoms with van der Waals surface area (Å²) in [6.07, 6.45) is 2.51. The Morgan fingerprint density at radius 3 is 2.90 bits per heavy atom. The van der Waals surface area contributed by atoms with Crippen molar-refractivity contribution in [3.05, 3.63) is 29.8 Å². The Balaban J connectivity index is 1.96. The van der Waals surface area contributed by atoms with Crippen molar-refractivity contribution < 1.29 is 4.74 Å². The summed E-state index contributed by atoms with van der Waals surface area (Å²) in [7, 11) is 0. The third-order valence-electron chi connectivity index (χ3n) is 4.08. The maximum Gasteiger partial charge on any atom is 0.120 e. The first-order valence-corrected chi connectivity index (χ1v) is 7.82. The van der Waals surface area contributed by atoms with E-state index < -0.39 is 0 Å². The minimum atomic E-state index is 0.225. The van der Waals surface area contributed by atoms with Gasteiger partial charge in [-0.1, -0.05) is 25.5 Å². The number of likely N-dealkylation sites (tertiary alicyclic amines) is 1. The number of hydrogen-bond donors (Lipinski definition) is 1. The average molecular weight is 276 g/mol. The molecule has 0 amide bonds. The van der Waals surface area contributed by atoms with Crippen LogP contribution in [0.15, 0.2) is 24.3 Å². The summed E-state index contributed by atoms with van der Waals surface area (Å²) in [6.45, 7) is 9.58. The van der Waals surface area contributed by atoms with Crippen LogP contribution in [0.2, 0.25) is 0 Å². The molecule has 1 aliphatic heterocycles.